The van der Waals surface area contributed by atoms with Gasteiger partial charge in [-0.2, -0.15) is 4.98 Å². The molecule has 0 saturated carbocycles. The lowest BCUT2D eigenvalue weighted by Gasteiger charge is -2.35. The van der Waals surface area contributed by atoms with E-state index in [1.807, 2.05) is 41.4 Å². The van der Waals surface area contributed by atoms with Gasteiger partial charge in [0, 0.05) is 45.5 Å². The molecule has 5 rings (SSSR count). The van der Waals surface area contributed by atoms with Crippen molar-refractivity contribution in [2.45, 2.75) is 12.8 Å². The van der Waals surface area contributed by atoms with Crippen molar-refractivity contribution in [2.24, 2.45) is 0 Å². The maximum Gasteiger partial charge on any atom is 0.282 e. The summed E-state index contributed by atoms with van der Waals surface area (Å²) in [5.74, 6) is 1.80. The van der Waals surface area contributed by atoms with Gasteiger partial charge in [0.1, 0.15) is 5.82 Å². The first kappa shape index (κ1) is 17.4. The minimum Gasteiger partial charge on any atom is -0.353 e. The molecule has 0 unspecified atom stereocenters. The van der Waals surface area contributed by atoms with Crippen LogP contribution in [0.5, 0.6) is 0 Å². The summed E-state index contributed by atoms with van der Waals surface area (Å²) in [5.41, 5.74) is 0.893. The number of carbonyl (C=O) groups is 1. The molecule has 1 amide bonds. The van der Waals surface area contributed by atoms with Crippen LogP contribution in [-0.2, 0) is 0 Å². The van der Waals surface area contributed by atoms with Crippen molar-refractivity contribution < 1.29 is 4.79 Å². The Bertz CT molecular complexity index is 958. The standard InChI is InChI=1S/C20H22N6OS/c27-19(18-22-15-5-1-2-6-16(15)28-18)25-13-11-24(12-14-25)17-7-8-21-20(23-17)26-9-3-4-10-26/h1-2,5-8H,3-4,9-14H2. The summed E-state index contributed by atoms with van der Waals surface area (Å²) in [4.78, 5) is 33.0. The van der Waals surface area contributed by atoms with E-state index in [0.29, 0.717) is 18.1 Å². The molecule has 144 valence electrons. The van der Waals surface area contributed by atoms with Crippen molar-refractivity contribution in [3.63, 3.8) is 0 Å². The Labute approximate surface area is 167 Å². The fraction of sp³-hybridized carbons (Fsp3) is 0.400. The number of nitrogens with zero attached hydrogens (tertiary/aromatic N) is 6. The van der Waals surface area contributed by atoms with E-state index in [4.69, 9.17) is 4.98 Å². The highest BCUT2D eigenvalue weighted by Gasteiger charge is 2.25. The van der Waals surface area contributed by atoms with Gasteiger partial charge in [0.2, 0.25) is 5.95 Å². The van der Waals surface area contributed by atoms with E-state index >= 15 is 0 Å². The third kappa shape index (κ3) is 3.28. The molecular formula is C20H22N6OS. The maximum absolute atomic E-state index is 12.9. The molecule has 0 radical (unpaired) electrons. The highest BCUT2D eigenvalue weighted by Crippen LogP contribution is 2.24. The number of para-hydroxylation sites is 1. The largest absolute Gasteiger partial charge is 0.353 e. The summed E-state index contributed by atoms with van der Waals surface area (Å²) in [6.07, 6.45) is 4.26. The SMILES string of the molecule is O=C(c1nc2ccccc2s1)N1CCN(c2ccnc(N3CCCC3)n2)CC1. The highest BCUT2D eigenvalue weighted by atomic mass is 32.1. The van der Waals surface area contributed by atoms with Crippen LogP contribution in [0.1, 0.15) is 22.6 Å². The van der Waals surface area contributed by atoms with Crippen LogP contribution in [-0.4, -0.2) is 65.0 Å². The molecule has 2 saturated heterocycles. The lowest BCUT2D eigenvalue weighted by atomic mass is 10.3. The number of fused-ring (bicyclic) bond motifs is 1. The molecule has 28 heavy (non-hydrogen) atoms. The minimum absolute atomic E-state index is 0.0290. The molecular weight excluding hydrogens is 372 g/mol. The average molecular weight is 395 g/mol. The molecule has 1 aromatic carbocycles. The number of benzene rings is 1. The van der Waals surface area contributed by atoms with E-state index in [1.54, 1.807) is 0 Å². The monoisotopic (exact) mass is 394 g/mol. The lowest BCUT2D eigenvalue weighted by Crippen LogP contribution is -2.49. The molecule has 0 aliphatic carbocycles. The number of piperazine rings is 1. The minimum atomic E-state index is 0.0290. The van der Waals surface area contributed by atoms with E-state index in [2.05, 4.69) is 19.8 Å². The topological polar surface area (TPSA) is 65.5 Å². The van der Waals surface area contributed by atoms with E-state index in [1.165, 1.54) is 24.2 Å². The summed E-state index contributed by atoms with van der Waals surface area (Å²) in [6, 6.07) is 9.85. The fourth-order valence-corrected chi connectivity index (χ4v) is 4.76. The molecule has 7 nitrogen and oxygen atoms in total. The Morgan fingerprint density at radius 1 is 0.893 bits per heavy atom. The first-order valence-electron chi connectivity index (χ1n) is 9.76. The number of thiazole rings is 1. The van der Waals surface area contributed by atoms with Gasteiger partial charge < -0.3 is 14.7 Å². The predicted octanol–water partition coefficient (Wildman–Crippen LogP) is 2.65. The van der Waals surface area contributed by atoms with Crippen molar-refractivity contribution in [3.8, 4) is 0 Å². The number of rotatable bonds is 3. The summed E-state index contributed by atoms with van der Waals surface area (Å²) in [7, 11) is 0. The van der Waals surface area contributed by atoms with Crippen LogP contribution in [0.15, 0.2) is 36.5 Å². The molecule has 0 bridgehead atoms. The first-order chi connectivity index (χ1) is 13.8. The number of carbonyl (C=O) groups excluding carboxylic acids is 1. The second-order valence-electron chi connectivity index (χ2n) is 7.17. The van der Waals surface area contributed by atoms with E-state index in [9.17, 15) is 4.79 Å². The molecule has 2 aliphatic heterocycles. The number of hydrogen-bond acceptors (Lipinski definition) is 7. The summed E-state index contributed by atoms with van der Waals surface area (Å²) < 4.78 is 1.06. The Hall–Kier alpha value is -2.74. The van der Waals surface area contributed by atoms with Crippen molar-refractivity contribution in [2.75, 3.05) is 49.1 Å². The highest BCUT2D eigenvalue weighted by molar-refractivity contribution is 7.20. The van der Waals surface area contributed by atoms with Crippen molar-refractivity contribution >= 4 is 39.2 Å². The van der Waals surface area contributed by atoms with Gasteiger partial charge in [-0.15, -0.1) is 11.3 Å². The summed E-state index contributed by atoms with van der Waals surface area (Å²) in [6.45, 7) is 4.97. The summed E-state index contributed by atoms with van der Waals surface area (Å²) in [5, 5.41) is 0.577. The maximum atomic E-state index is 12.9. The van der Waals surface area contributed by atoms with Gasteiger partial charge >= 0.3 is 0 Å². The van der Waals surface area contributed by atoms with Gasteiger partial charge in [0.15, 0.2) is 5.01 Å². The van der Waals surface area contributed by atoms with Crippen LogP contribution in [0.4, 0.5) is 11.8 Å². The zero-order valence-corrected chi connectivity index (χ0v) is 16.4. The quantitative estimate of drug-likeness (QED) is 0.680. The van der Waals surface area contributed by atoms with Gasteiger partial charge in [-0.05, 0) is 31.0 Å². The van der Waals surface area contributed by atoms with Crippen molar-refractivity contribution in [1.82, 2.24) is 19.9 Å². The van der Waals surface area contributed by atoms with E-state index in [-0.39, 0.29) is 5.91 Å². The van der Waals surface area contributed by atoms with Crippen molar-refractivity contribution in [1.29, 1.82) is 0 Å². The van der Waals surface area contributed by atoms with Gasteiger partial charge in [0.25, 0.3) is 5.91 Å². The van der Waals surface area contributed by atoms with Crippen LogP contribution >= 0.6 is 11.3 Å². The number of aromatic nitrogens is 3. The second-order valence-corrected chi connectivity index (χ2v) is 8.21. The molecule has 2 fully saturated rings. The Balaban J connectivity index is 1.26. The molecule has 2 aromatic heterocycles. The molecule has 3 aromatic rings. The third-order valence-corrected chi connectivity index (χ3v) is 6.41. The fourth-order valence-electron chi connectivity index (χ4n) is 3.82. The Morgan fingerprint density at radius 3 is 2.46 bits per heavy atom. The van der Waals surface area contributed by atoms with E-state index in [0.717, 1.165) is 48.2 Å². The first-order valence-corrected chi connectivity index (χ1v) is 10.6. The third-order valence-electron chi connectivity index (χ3n) is 5.38. The molecule has 0 N–H and O–H groups in total. The molecule has 4 heterocycles. The van der Waals surface area contributed by atoms with Crippen LogP contribution < -0.4 is 9.80 Å². The smallest absolute Gasteiger partial charge is 0.282 e. The Kier molecular flexibility index (Phi) is 4.56. The zero-order chi connectivity index (χ0) is 18.9. The van der Waals surface area contributed by atoms with Crippen molar-refractivity contribution in [3.05, 3.63) is 41.5 Å². The lowest BCUT2D eigenvalue weighted by molar-refractivity contribution is 0.0746. The molecule has 0 spiro atoms. The zero-order valence-electron chi connectivity index (χ0n) is 15.6. The van der Waals surface area contributed by atoms with Crippen LogP contribution in [0.3, 0.4) is 0 Å². The van der Waals surface area contributed by atoms with Gasteiger partial charge in [0.05, 0.1) is 10.2 Å². The predicted molar refractivity (Wildman–Crippen MR) is 111 cm³/mol. The number of hydrogen-bond donors (Lipinski definition) is 0. The van der Waals surface area contributed by atoms with Crippen LogP contribution in [0, 0.1) is 0 Å². The van der Waals surface area contributed by atoms with Crippen LogP contribution in [0.2, 0.25) is 0 Å². The van der Waals surface area contributed by atoms with E-state index < -0.39 is 0 Å². The summed E-state index contributed by atoms with van der Waals surface area (Å²) >= 11 is 1.47. The molecule has 0 atom stereocenters. The second kappa shape index (κ2) is 7.35. The van der Waals surface area contributed by atoms with Gasteiger partial charge in [-0.1, -0.05) is 12.1 Å². The van der Waals surface area contributed by atoms with Gasteiger partial charge in [-0.25, -0.2) is 9.97 Å². The van der Waals surface area contributed by atoms with Crippen LogP contribution in [0.25, 0.3) is 10.2 Å². The van der Waals surface area contributed by atoms with Gasteiger partial charge in [-0.3, -0.25) is 4.79 Å². The number of anilines is 2. The molecule has 2 aliphatic rings. The number of amides is 1. The molecule has 8 heteroatoms. The average Bonchev–Trinajstić information content (AvgIpc) is 3.43. The normalized spacial score (nSPS) is 17.5. The Morgan fingerprint density at radius 2 is 1.68 bits per heavy atom.